The average Bonchev–Trinajstić information content (AvgIpc) is 3.09. The van der Waals surface area contributed by atoms with Crippen molar-refractivity contribution >= 4 is 39.6 Å². The van der Waals surface area contributed by atoms with Gasteiger partial charge in [-0.3, -0.25) is 0 Å². The number of thiocarbonyl (C=S) groups is 1. The fourth-order valence-corrected chi connectivity index (χ4v) is 4.98. The van der Waals surface area contributed by atoms with E-state index in [-0.39, 0.29) is 12.0 Å². The number of aryl methyl sites for hydroxylation is 1. The largest absolute Gasteiger partial charge is 0.462 e. The lowest BCUT2D eigenvalue weighted by atomic mass is 10.00. The Morgan fingerprint density at radius 3 is 2.25 bits per heavy atom. The van der Waals surface area contributed by atoms with Crippen molar-refractivity contribution in [3.8, 4) is 11.1 Å². The number of anilines is 1. The maximum atomic E-state index is 12.9. The molecule has 1 unspecified atom stereocenters. The summed E-state index contributed by atoms with van der Waals surface area (Å²) in [6.45, 7) is 10.6. The summed E-state index contributed by atoms with van der Waals surface area (Å²) < 4.78 is 5.37. The van der Waals surface area contributed by atoms with Gasteiger partial charge in [-0.05, 0) is 55.6 Å². The number of rotatable bonds is 7. The lowest BCUT2D eigenvalue weighted by molar-refractivity contribution is 0.0529. The van der Waals surface area contributed by atoms with Crippen LogP contribution in [0.25, 0.3) is 11.1 Å². The first-order valence-corrected chi connectivity index (χ1v) is 12.1. The van der Waals surface area contributed by atoms with Gasteiger partial charge in [-0.1, -0.05) is 68.4 Å². The molecule has 4 nitrogen and oxygen atoms in total. The van der Waals surface area contributed by atoms with E-state index in [2.05, 4.69) is 55.7 Å². The van der Waals surface area contributed by atoms with Crippen molar-refractivity contribution in [1.29, 1.82) is 0 Å². The van der Waals surface area contributed by atoms with E-state index in [0.717, 1.165) is 21.6 Å². The minimum Gasteiger partial charge on any atom is -0.462 e. The molecule has 0 spiro atoms. The Hall–Kier alpha value is -2.70. The molecule has 1 heterocycles. The van der Waals surface area contributed by atoms with Crippen LogP contribution in [-0.4, -0.2) is 17.7 Å². The lowest BCUT2D eigenvalue weighted by Crippen LogP contribution is -2.31. The van der Waals surface area contributed by atoms with E-state index < -0.39 is 0 Å². The molecule has 0 amide bonds. The molecule has 0 bridgehead atoms. The van der Waals surface area contributed by atoms with Crippen LogP contribution < -0.4 is 10.6 Å². The lowest BCUT2D eigenvalue weighted by Gasteiger charge is -2.18. The van der Waals surface area contributed by atoms with Crippen LogP contribution in [0.2, 0.25) is 0 Å². The molecular formula is C26H30N2O2S2. The van der Waals surface area contributed by atoms with Gasteiger partial charge in [-0.15, -0.1) is 11.3 Å². The molecule has 0 aliphatic carbocycles. The monoisotopic (exact) mass is 466 g/mol. The molecule has 0 fully saturated rings. The zero-order valence-electron chi connectivity index (χ0n) is 19.2. The molecule has 1 atom stereocenters. The van der Waals surface area contributed by atoms with Gasteiger partial charge in [0, 0.05) is 10.4 Å². The van der Waals surface area contributed by atoms with E-state index in [4.69, 9.17) is 17.0 Å². The molecule has 168 valence electrons. The van der Waals surface area contributed by atoms with Crippen LogP contribution in [-0.2, 0) is 4.74 Å². The fourth-order valence-electron chi connectivity index (χ4n) is 3.57. The quantitative estimate of drug-likeness (QED) is 0.288. The highest BCUT2D eigenvalue weighted by Crippen LogP contribution is 2.40. The van der Waals surface area contributed by atoms with E-state index in [1.807, 2.05) is 44.2 Å². The van der Waals surface area contributed by atoms with E-state index in [0.29, 0.717) is 28.2 Å². The summed E-state index contributed by atoms with van der Waals surface area (Å²) in [5, 5.41) is 7.75. The Balaban J connectivity index is 1.83. The highest BCUT2D eigenvalue weighted by Gasteiger charge is 2.25. The van der Waals surface area contributed by atoms with Gasteiger partial charge in [-0.2, -0.15) is 0 Å². The van der Waals surface area contributed by atoms with Crippen molar-refractivity contribution in [2.24, 2.45) is 0 Å². The van der Waals surface area contributed by atoms with Crippen LogP contribution >= 0.6 is 23.6 Å². The number of benzene rings is 2. The van der Waals surface area contributed by atoms with Gasteiger partial charge in [0.15, 0.2) is 5.11 Å². The Kier molecular flexibility index (Phi) is 8.04. The van der Waals surface area contributed by atoms with Crippen LogP contribution in [0.4, 0.5) is 5.00 Å². The fraction of sp³-hybridized carbons (Fsp3) is 0.308. The average molecular weight is 467 g/mol. The van der Waals surface area contributed by atoms with Crippen molar-refractivity contribution in [1.82, 2.24) is 5.32 Å². The highest BCUT2D eigenvalue weighted by atomic mass is 32.1. The Morgan fingerprint density at radius 1 is 1.03 bits per heavy atom. The highest BCUT2D eigenvalue weighted by molar-refractivity contribution is 7.80. The van der Waals surface area contributed by atoms with Crippen LogP contribution in [0.1, 0.15) is 66.0 Å². The zero-order valence-corrected chi connectivity index (χ0v) is 20.8. The van der Waals surface area contributed by atoms with Crippen molar-refractivity contribution in [3.05, 3.63) is 76.2 Å². The van der Waals surface area contributed by atoms with Crippen molar-refractivity contribution < 1.29 is 9.53 Å². The van der Waals surface area contributed by atoms with Gasteiger partial charge in [0.1, 0.15) is 10.6 Å². The minimum atomic E-state index is -0.349. The molecule has 32 heavy (non-hydrogen) atoms. The molecule has 3 aromatic rings. The van der Waals surface area contributed by atoms with E-state index >= 15 is 0 Å². The van der Waals surface area contributed by atoms with Gasteiger partial charge >= 0.3 is 5.97 Å². The topological polar surface area (TPSA) is 50.4 Å². The molecule has 3 rings (SSSR count). The van der Waals surface area contributed by atoms with Crippen LogP contribution in [0.5, 0.6) is 0 Å². The summed E-state index contributed by atoms with van der Waals surface area (Å²) >= 11 is 7.10. The molecule has 1 aromatic heterocycles. The predicted octanol–water partition coefficient (Wildman–Crippen LogP) is 7.07. The molecule has 2 N–H and O–H groups in total. The maximum absolute atomic E-state index is 12.9. The molecule has 0 radical (unpaired) electrons. The van der Waals surface area contributed by atoms with Crippen LogP contribution in [0, 0.1) is 6.92 Å². The Bertz CT molecular complexity index is 1070. The molecule has 0 aliphatic rings. The SMILES string of the molecule is CCOC(=O)c1c(NC(=S)NC(C)c2ccc(C(C)C)cc2)sc(C)c1-c1ccccc1. The number of carbonyl (C=O) groups excluding carboxylic acids is 1. The summed E-state index contributed by atoms with van der Waals surface area (Å²) in [5.74, 6) is 0.149. The maximum Gasteiger partial charge on any atom is 0.341 e. The van der Waals surface area contributed by atoms with E-state index in [1.165, 1.54) is 16.9 Å². The first-order valence-electron chi connectivity index (χ1n) is 10.8. The van der Waals surface area contributed by atoms with Crippen molar-refractivity contribution in [2.45, 2.75) is 46.6 Å². The third kappa shape index (κ3) is 5.56. The van der Waals surface area contributed by atoms with Gasteiger partial charge in [-0.25, -0.2) is 4.79 Å². The Morgan fingerprint density at radius 2 is 1.66 bits per heavy atom. The molecule has 2 aromatic carbocycles. The van der Waals surface area contributed by atoms with E-state index in [1.54, 1.807) is 0 Å². The third-order valence-corrected chi connectivity index (χ3v) is 6.54. The zero-order chi connectivity index (χ0) is 23.3. The van der Waals surface area contributed by atoms with Crippen molar-refractivity contribution in [2.75, 3.05) is 11.9 Å². The number of thiophene rings is 1. The normalized spacial score (nSPS) is 11.8. The van der Waals surface area contributed by atoms with Gasteiger partial charge in [0.2, 0.25) is 0 Å². The molecular weight excluding hydrogens is 436 g/mol. The van der Waals surface area contributed by atoms with Gasteiger partial charge in [0.05, 0.1) is 12.6 Å². The number of nitrogens with one attached hydrogen (secondary N) is 2. The van der Waals surface area contributed by atoms with E-state index in [9.17, 15) is 4.79 Å². The summed E-state index contributed by atoms with van der Waals surface area (Å²) in [4.78, 5) is 13.9. The number of hydrogen-bond acceptors (Lipinski definition) is 4. The Labute approximate surface area is 200 Å². The number of carbonyl (C=O) groups is 1. The van der Waals surface area contributed by atoms with Gasteiger partial charge in [0.25, 0.3) is 0 Å². The second-order valence-corrected chi connectivity index (χ2v) is 9.60. The molecule has 6 heteroatoms. The van der Waals surface area contributed by atoms with Crippen LogP contribution in [0.15, 0.2) is 54.6 Å². The van der Waals surface area contributed by atoms with Gasteiger partial charge < -0.3 is 15.4 Å². The molecule has 0 saturated heterocycles. The standard InChI is InChI=1S/C26H30N2O2S2/c1-6-30-25(29)23-22(21-10-8-7-9-11-21)18(5)32-24(23)28-26(31)27-17(4)20-14-12-19(13-15-20)16(2)3/h7-17H,6H2,1-5H3,(H2,27,28,31). The third-order valence-electron chi connectivity index (χ3n) is 5.30. The second kappa shape index (κ2) is 10.7. The smallest absolute Gasteiger partial charge is 0.341 e. The molecule has 0 aliphatic heterocycles. The molecule has 0 saturated carbocycles. The first-order chi connectivity index (χ1) is 15.3. The first kappa shape index (κ1) is 24.0. The summed E-state index contributed by atoms with van der Waals surface area (Å²) in [7, 11) is 0. The summed E-state index contributed by atoms with van der Waals surface area (Å²) in [5.41, 5.74) is 4.85. The summed E-state index contributed by atoms with van der Waals surface area (Å²) in [6, 6.07) is 18.5. The minimum absolute atomic E-state index is 0.0249. The number of ether oxygens (including phenoxy) is 1. The second-order valence-electron chi connectivity index (χ2n) is 7.97. The van der Waals surface area contributed by atoms with Crippen molar-refractivity contribution in [3.63, 3.8) is 0 Å². The number of esters is 1. The van der Waals surface area contributed by atoms with Crippen LogP contribution in [0.3, 0.4) is 0 Å². The number of hydrogen-bond donors (Lipinski definition) is 2. The summed E-state index contributed by atoms with van der Waals surface area (Å²) in [6.07, 6.45) is 0. The predicted molar refractivity (Wildman–Crippen MR) is 139 cm³/mol.